The maximum Gasteiger partial charge on any atom is 0.170 e. The molecule has 0 spiro atoms. The van der Waals surface area contributed by atoms with Crippen LogP contribution in [0.1, 0.15) is 36.4 Å². The summed E-state index contributed by atoms with van der Waals surface area (Å²) >= 11 is 0. The molecule has 3 aromatic rings. The highest BCUT2D eigenvalue weighted by atomic mass is 32.2. The fourth-order valence-corrected chi connectivity index (χ4v) is 8.71. The molecule has 4 saturated heterocycles. The van der Waals surface area contributed by atoms with E-state index in [0.29, 0.717) is 49.4 Å². The third-order valence-corrected chi connectivity index (χ3v) is 11.0. The van der Waals surface area contributed by atoms with Gasteiger partial charge in [0.1, 0.15) is 22.0 Å². The summed E-state index contributed by atoms with van der Waals surface area (Å²) in [6.07, 6.45) is 5.47. The van der Waals surface area contributed by atoms with Gasteiger partial charge in [-0.25, -0.2) is 27.8 Å². The van der Waals surface area contributed by atoms with Crippen molar-refractivity contribution in [3.05, 3.63) is 59.7 Å². The summed E-state index contributed by atoms with van der Waals surface area (Å²) in [5.74, 6) is 0.255. The summed E-state index contributed by atoms with van der Waals surface area (Å²) in [4.78, 5) is 22.1. The summed E-state index contributed by atoms with van der Waals surface area (Å²) in [6, 6.07) is 10.7. The fourth-order valence-electron chi connectivity index (χ4n) is 7.64. The van der Waals surface area contributed by atoms with Crippen molar-refractivity contribution in [2.24, 2.45) is 5.92 Å². The molecule has 2 N–H and O–H groups in total. The second-order valence-corrected chi connectivity index (χ2v) is 15.6. The molecule has 258 valence electrons. The van der Waals surface area contributed by atoms with Crippen molar-refractivity contribution in [2.45, 2.75) is 38.3 Å². The molecule has 48 heavy (non-hydrogen) atoms. The van der Waals surface area contributed by atoms with Crippen LogP contribution in [0.2, 0.25) is 0 Å². The molecule has 4 fully saturated rings. The molecule has 4 aliphatic heterocycles. The number of benzene rings is 2. The summed E-state index contributed by atoms with van der Waals surface area (Å²) < 4.78 is 44.4. The van der Waals surface area contributed by atoms with E-state index in [-0.39, 0.29) is 11.7 Å². The average Bonchev–Trinajstić information content (AvgIpc) is 3.54. The number of piperidine rings is 1. The molecule has 4 aliphatic rings. The number of aryl methyl sites for hydroxylation is 1. The van der Waals surface area contributed by atoms with E-state index in [2.05, 4.69) is 49.0 Å². The Morgan fingerprint density at radius 1 is 1.00 bits per heavy atom. The summed E-state index contributed by atoms with van der Waals surface area (Å²) in [5.41, 5.74) is 4.60. The molecule has 7 rings (SSSR count). The number of nitrogens with zero attached hydrogens (tertiary/aromatic N) is 6. The van der Waals surface area contributed by atoms with Crippen LogP contribution in [0.3, 0.4) is 0 Å². The molecule has 14 heteroatoms. The Labute approximate surface area is 281 Å². The first kappa shape index (κ1) is 32.8. The second-order valence-electron chi connectivity index (χ2n) is 13.4. The van der Waals surface area contributed by atoms with Crippen LogP contribution in [0.5, 0.6) is 5.75 Å². The number of halogens is 1. The Morgan fingerprint density at radius 3 is 2.52 bits per heavy atom. The molecule has 0 radical (unpaired) electrons. The zero-order chi connectivity index (χ0) is 33.4. The number of rotatable bonds is 9. The van der Waals surface area contributed by atoms with E-state index >= 15 is 0 Å². The molecule has 0 amide bonds. The quantitative estimate of drug-likeness (QED) is 0.339. The summed E-state index contributed by atoms with van der Waals surface area (Å²) in [7, 11) is -3.06. The van der Waals surface area contributed by atoms with Gasteiger partial charge in [0.15, 0.2) is 17.4 Å². The topological polar surface area (TPSA) is 124 Å². The lowest BCUT2D eigenvalue weighted by Gasteiger charge is -2.45. The Bertz CT molecular complexity index is 1730. The van der Waals surface area contributed by atoms with E-state index in [0.717, 1.165) is 69.2 Å². The number of hydroxylamine groups is 1. The molecule has 2 aromatic carbocycles. The molecule has 0 bridgehead atoms. The van der Waals surface area contributed by atoms with Crippen LogP contribution in [-0.4, -0.2) is 106 Å². The lowest BCUT2D eigenvalue weighted by atomic mass is 9.97. The summed E-state index contributed by atoms with van der Waals surface area (Å²) in [5, 5.41) is 15.0. The van der Waals surface area contributed by atoms with Gasteiger partial charge in [0, 0.05) is 81.2 Å². The van der Waals surface area contributed by atoms with Crippen LogP contribution in [0, 0.1) is 18.7 Å². The zero-order valence-electron chi connectivity index (χ0n) is 27.5. The van der Waals surface area contributed by atoms with Crippen LogP contribution >= 0.6 is 0 Å². The first-order valence-electron chi connectivity index (χ1n) is 16.8. The van der Waals surface area contributed by atoms with Crippen molar-refractivity contribution < 1.29 is 27.5 Å². The number of aromatic nitrogens is 2. The number of sulfone groups is 1. The van der Waals surface area contributed by atoms with Gasteiger partial charge in [0.2, 0.25) is 0 Å². The minimum atomic E-state index is -3.06. The number of anilines is 5. The first-order valence-corrected chi connectivity index (χ1v) is 18.8. The van der Waals surface area contributed by atoms with Crippen molar-refractivity contribution in [3.63, 3.8) is 0 Å². The third-order valence-electron chi connectivity index (χ3n) is 9.88. The van der Waals surface area contributed by atoms with Gasteiger partial charge >= 0.3 is 0 Å². The predicted octanol–water partition coefficient (Wildman–Crippen LogP) is 4.04. The van der Waals surface area contributed by atoms with Gasteiger partial charge in [-0.2, -0.15) is 0 Å². The third kappa shape index (κ3) is 7.02. The van der Waals surface area contributed by atoms with Crippen LogP contribution in [0.25, 0.3) is 0 Å². The van der Waals surface area contributed by atoms with Crippen molar-refractivity contribution >= 4 is 38.5 Å². The minimum absolute atomic E-state index is 0.103. The van der Waals surface area contributed by atoms with Gasteiger partial charge in [-0.05, 0) is 43.5 Å². The predicted molar refractivity (Wildman–Crippen MR) is 183 cm³/mol. The van der Waals surface area contributed by atoms with Crippen molar-refractivity contribution in [1.29, 1.82) is 0 Å². The number of phenolic OH excluding ortho intramolecular Hbond substituents is 1. The normalized spacial score (nSPS) is 21.5. The lowest BCUT2D eigenvalue weighted by molar-refractivity contribution is 0.0115. The average molecular weight is 682 g/mol. The van der Waals surface area contributed by atoms with Crippen LogP contribution in [0.15, 0.2) is 42.7 Å². The number of nitrogens with one attached hydrogen (secondary N) is 1. The van der Waals surface area contributed by atoms with Gasteiger partial charge in [-0.15, -0.1) is 0 Å². The lowest BCUT2D eigenvalue weighted by Crippen LogP contribution is -2.51. The maximum atomic E-state index is 14.8. The highest BCUT2D eigenvalue weighted by Gasteiger charge is 2.35. The molecule has 5 heterocycles. The largest absolute Gasteiger partial charge is 0.505 e. The fraction of sp³-hybridized carbons (Fsp3) is 0.529. The van der Waals surface area contributed by atoms with Gasteiger partial charge in [0.25, 0.3) is 0 Å². The number of ether oxygens (including phenoxy) is 1. The Morgan fingerprint density at radius 2 is 1.77 bits per heavy atom. The number of hydrogen-bond acceptors (Lipinski definition) is 12. The highest BCUT2D eigenvalue weighted by Crippen LogP contribution is 2.42. The number of hydrogen-bond donors (Lipinski definition) is 2. The van der Waals surface area contributed by atoms with E-state index in [1.165, 1.54) is 24.3 Å². The van der Waals surface area contributed by atoms with Crippen LogP contribution in [0.4, 0.5) is 33.1 Å². The second kappa shape index (κ2) is 13.7. The standard InChI is InChI=1S/C34H44FN7O5S/c1-23-16-25(38-31-18-32(37-22-36-31)42-28(8-13-47-42)27-4-3-5-30(43)33(27)35)17-29(41-19-24(20-41)21-48(2,44)45)34(23)40-9-6-26(7-10-40)39-11-14-46-15-12-39/h3-5,16-18,22,24,26,28,43H,6-15,19-21H2,1-2H3,(H,36,37,38)/t28-/m1/s1. The maximum absolute atomic E-state index is 14.8. The van der Waals surface area contributed by atoms with Crippen LogP contribution in [-0.2, 0) is 19.4 Å². The molecule has 1 atom stereocenters. The van der Waals surface area contributed by atoms with Crippen molar-refractivity contribution in [2.75, 3.05) is 91.3 Å². The Hall–Kier alpha value is -3.72. The van der Waals surface area contributed by atoms with Gasteiger partial charge in [0.05, 0.1) is 43.0 Å². The number of phenols is 1. The molecular weight excluding hydrogens is 637 g/mol. The van der Waals surface area contributed by atoms with E-state index in [1.54, 1.807) is 23.3 Å². The molecule has 0 unspecified atom stereocenters. The van der Waals surface area contributed by atoms with E-state index in [9.17, 15) is 17.9 Å². The van der Waals surface area contributed by atoms with Gasteiger partial charge in [-0.3, -0.25) is 9.74 Å². The molecule has 1 aromatic heterocycles. The van der Waals surface area contributed by atoms with Crippen molar-refractivity contribution in [1.82, 2.24) is 14.9 Å². The van der Waals surface area contributed by atoms with E-state index in [4.69, 9.17) is 9.57 Å². The van der Waals surface area contributed by atoms with E-state index in [1.807, 2.05) is 0 Å². The number of aromatic hydroxyl groups is 1. The van der Waals surface area contributed by atoms with E-state index < -0.39 is 27.4 Å². The van der Waals surface area contributed by atoms with Gasteiger partial charge in [-0.1, -0.05) is 12.1 Å². The van der Waals surface area contributed by atoms with Gasteiger partial charge < -0.3 is 25.0 Å². The minimum Gasteiger partial charge on any atom is -0.505 e. The van der Waals surface area contributed by atoms with Crippen molar-refractivity contribution in [3.8, 4) is 5.75 Å². The Kier molecular flexibility index (Phi) is 9.33. The number of morpholine rings is 1. The molecule has 0 saturated carbocycles. The molecule has 12 nitrogen and oxygen atoms in total. The molecular formula is C34H44FN7O5S. The zero-order valence-corrected chi connectivity index (χ0v) is 28.3. The Balaban J connectivity index is 1.12. The van der Waals surface area contributed by atoms with Crippen LogP contribution < -0.4 is 20.2 Å². The highest BCUT2D eigenvalue weighted by molar-refractivity contribution is 7.90. The summed E-state index contributed by atoms with van der Waals surface area (Å²) in [6.45, 7) is 9.38. The first-order chi connectivity index (χ1) is 23.1. The smallest absolute Gasteiger partial charge is 0.170 e. The monoisotopic (exact) mass is 681 g/mol. The SMILES string of the molecule is Cc1cc(Nc2cc(N3OCC[C@@H]3c3cccc(O)c3F)ncn2)cc(N2CC(CS(C)(=O)=O)C2)c1N1CCC(N2CCOCC2)CC1. The molecule has 0 aliphatic carbocycles.